The van der Waals surface area contributed by atoms with Crippen LogP contribution in [0.4, 0.5) is 0 Å². The van der Waals surface area contributed by atoms with Crippen LogP contribution in [-0.2, 0) is 16.0 Å². The Labute approximate surface area is 164 Å². The van der Waals surface area contributed by atoms with E-state index in [1.165, 1.54) is 6.20 Å². The minimum atomic E-state index is -0.175. The van der Waals surface area contributed by atoms with Crippen LogP contribution in [0.25, 0.3) is 0 Å². The molecule has 0 aromatic carbocycles. The van der Waals surface area contributed by atoms with Crippen LogP contribution in [0.2, 0.25) is 0 Å². The Morgan fingerprint density at radius 1 is 1.32 bits per heavy atom. The number of carbonyl (C=O) groups excluding carboxylic acids is 2. The summed E-state index contributed by atoms with van der Waals surface area (Å²) >= 11 is 0. The van der Waals surface area contributed by atoms with E-state index >= 15 is 0 Å². The first-order chi connectivity index (χ1) is 13.7. The van der Waals surface area contributed by atoms with Crippen molar-refractivity contribution in [2.45, 2.75) is 51.2 Å². The highest BCUT2D eigenvalue weighted by molar-refractivity contribution is 5.93. The summed E-state index contributed by atoms with van der Waals surface area (Å²) in [6.07, 6.45) is 8.23. The number of hydrogen-bond acceptors (Lipinski definition) is 5. The zero-order chi connectivity index (χ0) is 19.8. The maximum absolute atomic E-state index is 12.6. The van der Waals surface area contributed by atoms with Gasteiger partial charge in [0.25, 0.3) is 5.91 Å². The second kappa shape index (κ2) is 10.0. The molecule has 1 fully saturated rings. The van der Waals surface area contributed by atoms with Gasteiger partial charge < -0.3 is 15.4 Å². The average Bonchev–Trinajstić information content (AvgIpc) is 3.41. The molecule has 0 radical (unpaired) electrons. The van der Waals surface area contributed by atoms with Gasteiger partial charge in [-0.15, -0.1) is 0 Å². The molecule has 28 heavy (non-hydrogen) atoms. The number of ether oxygens (including phenoxy) is 1. The molecule has 1 aliphatic carbocycles. The molecule has 4 N–H and O–H groups in total. The van der Waals surface area contributed by atoms with E-state index in [1.54, 1.807) is 12.4 Å². The number of aromatic amines is 2. The van der Waals surface area contributed by atoms with Gasteiger partial charge in [0, 0.05) is 43.6 Å². The van der Waals surface area contributed by atoms with Gasteiger partial charge in [-0.2, -0.15) is 10.2 Å². The molecule has 152 valence electrons. The fourth-order valence-electron chi connectivity index (χ4n) is 3.50. The van der Waals surface area contributed by atoms with E-state index in [4.69, 9.17) is 4.74 Å². The van der Waals surface area contributed by atoms with E-state index in [0.717, 1.165) is 25.0 Å². The zero-order valence-corrected chi connectivity index (χ0v) is 16.1. The number of hydrogen-bond donors (Lipinski definition) is 4. The Balaban J connectivity index is 1.51. The summed E-state index contributed by atoms with van der Waals surface area (Å²) in [5, 5.41) is 19.3. The van der Waals surface area contributed by atoms with Crippen LogP contribution in [0.15, 0.2) is 24.7 Å². The minimum absolute atomic E-state index is 0.0456. The lowest BCUT2D eigenvalue weighted by Crippen LogP contribution is -2.50. The zero-order valence-electron chi connectivity index (χ0n) is 16.1. The summed E-state index contributed by atoms with van der Waals surface area (Å²) in [6, 6.07) is 1.79. The summed E-state index contributed by atoms with van der Waals surface area (Å²) in [6.45, 7) is 3.22. The van der Waals surface area contributed by atoms with Crippen molar-refractivity contribution in [2.24, 2.45) is 5.92 Å². The van der Waals surface area contributed by atoms with E-state index in [0.29, 0.717) is 31.6 Å². The van der Waals surface area contributed by atoms with Gasteiger partial charge in [0.15, 0.2) is 0 Å². The normalized spacial score (nSPS) is 22.0. The predicted molar refractivity (Wildman–Crippen MR) is 103 cm³/mol. The molecule has 3 atom stereocenters. The van der Waals surface area contributed by atoms with E-state index < -0.39 is 0 Å². The lowest BCUT2D eigenvalue weighted by Gasteiger charge is -2.35. The highest BCUT2D eigenvalue weighted by atomic mass is 16.5. The lowest BCUT2D eigenvalue weighted by atomic mass is 9.83. The van der Waals surface area contributed by atoms with E-state index in [2.05, 4.69) is 31.0 Å². The number of aromatic nitrogens is 4. The molecular formula is C19H28N6O3. The maximum atomic E-state index is 12.6. The van der Waals surface area contributed by atoms with E-state index in [1.807, 2.05) is 13.0 Å². The highest BCUT2D eigenvalue weighted by Gasteiger charge is 2.35. The number of H-pyrrole nitrogens is 2. The topological polar surface area (TPSA) is 125 Å². The van der Waals surface area contributed by atoms with Crippen molar-refractivity contribution >= 4 is 11.8 Å². The number of rotatable bonds is 9. The number of nitrogens with zero attached hydrogens (tertiary/aromatic N) is 2. The van der Waals surface area contributed by atoms with Crippen LogP contribution in [0.1, 0.15) is 48.7 Å². The number of amides is 2. The van der Waals surface area contributed by atoms with Crippen molar-refractivity contribution in [1.82, 2.24) is 31.0 Å². The molecule has 0 saturated heterocycles. The van der Waals surface area contributed by atoms with Crippen LogP contribution in [-0.4, -0.2) is 57.5 Å². The largest absolute Gasteiger partial charge is 0.376 e. The van der Waals surface area contributed by atoms with Crippen LogP contribution in [0, 0.1) is 5.92 Å². The first kappa shape index (κ1) is 20.1. The Bertz CT molecular complexity index is 731. The first-order valence-corrected chi connectivity index (χ1v) is 9.84. The summed E-state index contributed by atoms with van der Waals surface area (Å²) in [5.74, 6) is -0.235. The fourth-order valence-corrected chi connectivity index (χ4v) is 3.50. The molecule has 0 bridgehead atoms. The number of carbonyl (C=O) groups is 2. The van der Waals surface area contributed by atoms with Crippen molar-refractivity contribution in [2.75, 3.05) is 13.2 Å². The van der Waals surface area contributed by atoms with E-state index in [-0.39, 0.29) is 29.9 Å². The van der Waals surface area contributed by atoms with E-state index in [9.17, 15) is 9.59 Å². The molecule has 1 aliphatic rings. The van der Waals surface area contributed by atoms with Gasteiger partial charge in [0.2, 0.25) is 5.91 Å². The van der Waals surface area contributed by atoms with Crippen LogP contribution < -0.4 is 10.6 Å². The molecular weight excluding hydrogens is 360 g/mol. The summed E-state index contributed by atoms with van der Waals surface area (Å²) in [7, 11) is 0. The van der Waals surface area contributed by atoms with Gasteiger partial charge in [-0.25, -0.2) is 0 Å². The lowest BCUT2D eigenvalue weighted by molar-refractivity contribution is -0.128. The molecule has 2 aromatic heterocycles. The molecule has 2 heterocycles. The molecule has 0 spiro atoms. The Morgan fingerprint density at radius 3 is 2.93 bits per heavy atom. The van der Waals surface area contributed by atoms with Crippen LogP contribution >= 0.6 is 0 Å². The third-order valence-electron chi connectivity index (χ3n) is 5.03. The highest BCUT2D eigenvalue weighted by Crippen LogP contribution is 2.27. The van der Waals surface area contributed by atoms with Crippen molar-refractivity contribution in [1.29, 1.82) is 0 Å². The molecule has 9 nitrogen and oxygen atoms in total. The van der Waals surface area contributed by atoms with Crippen molar-refractivity contribution in [3.05, 3.63) is 35.9 Å². The second-order valence-corrected chi connectivity index (χ2v) is 7.11. The van der Waals surface area contributed by atoms with Crippen molar-refractivity contribution < 1.29 is 14.3 Å². The first-order valence-electron chi connectivity index (χ1n) is 9.84. The van der Waals surface area contributed by atoms with Gasteiger partial charge in [-0.1, -0.05) is 6.92 Å². The summed E-state index contributed by atoms with van der Waals surface area (Å²) in [4.78, 5) is 24.9. The van der Waals surface area contributed by atoms with Gasteiger partial charge in [0.05, 0.1) is 23.9 Å². The molecule has 2 amide bonds. The van der Waals surface area contributed by atoms with Crippen LogP contribution in [0.3, 0.4) is 0 Å². The molecule has 1 saturated carbocycles. The summed E-state index contributed by atoms with van der Waals surface area (Å²) in [5.41, 5.74) is 1.49. The third kappa shape index (κ3) is 5.41. The SMILES string of the molecule is CCCO[C@H]1C[C@@H](C(=O)NCCc2ccn[nH]2)CC[C@@H]1NC(=O)c1cn[nH]c1. The average molecular weight is 388 g/mol. The molecule has 0 unspecified atom stereocenters. The van der Waals surface area contributed by atoms with Gasteiger partial charge in [0.1, 0.15) is 0 Å². The molecule has 2 aromatic rings. The standard InChI is InChI=1S/C19H28N6O3/c1-2-9-28-17-10-13(18(26)20-7-5-15-6-8-21-25-15)3-4-16(17)24-19(27)14-11-22-23-12-14/h6,8,11-13,16-17H,2-5,7,9-10H2,1H3,(H,20,26)(H,21,25)(H,22,23)(H,24,27)/t13-,16-,17-/m0/s1. The van der Waals surface area contributed by atoms with Crippen molar-refractivity contribution in [3.8, 4) is 0 Å². The predicted octanol–water partition coefficient (Wildman–Crippen LogP) is 1.19. The molecule has 9 heteroatoms. The van der Waals surface area contributed by atoms with Crippen molar-refractivity contribution in [3.63, 3.8) is 0 Å². The molecule has 3 rings (SSSR count). The quantitative estimate of drug-likeness (QED) is 0.513. The Kier molecular flexibility index (Phi) is 7.18. The monoisotopic (exact) mass is 388 g/mol. The second-order valence-electron chi connectivity index (χ2n) is 7.11. The fraction of sp³-hybridized carbons (Fsp3) is 0.579. The Hall–Kier alpha value is -2.68. The van der Waals surface area contributed by atoms with Gasteiger partial charge >= 0.3 is 0 Å². The van der Waals surface area contributed by atoms with Gasteiger partial charge in [-0.05, 0) is 31.7 Å². The smallest absolute Gasteiger partial charge is 0.254 e. The van der Waals surface area contributed by atoms with Gasteiger partial charge in [-0.3, -0.25) is 19.8 Å². The third-order valence-corrected chi connectivity index (χ3v) is 5.03. The number of nitrogens with one attached hydrogen (secondary N) is 4. The maximum Gasteiger partial charge on any atom is 0.254 e. The molecule has 0 aliphatic heterocycles. The summed E-state index contributed by atoms with van der Waals surface area (Å²) < 4.78 is 5.98. The van der Waals surface area contributed by atoms with Crippen LogP contribution in [0.5, 0.6) is 0 Å². The Morgan fingerprint density at radius 2 is 2.21 bits per heavy atom. The minimum Gasteiger partial charge on any atom is -0.376 e.